The minimum absolute atomic E-state index is 0.304. The monoisotopic (exact) mass is 569 g/mol. The summed E-state index contributed by atoms with van der Waals surface area (Å²) in [5, 5.41) is -6.92. The molecule has 1 spiro atoms. The van der Waals surface area contributed by atoms with E-state index in [2.05, 4.69) is 4.18 Å². The molecule has 3 aliphatic rings. The van der Waals surface area contributed by atoms with Crippen molar-refractivity contribution in [1.82, 2.24) is 4.90 Å². The van der Waals surface area contributed by atoms with Crippen molar-refractivity contribution in [2.45, 2.75) is 49.0 Å². The summed E-state index contributed by atoms with van der Waals surface area (Å²) >= 11 is 0. The molecule has 0 atom stereocenters. The smallest absolute Gasteiger partial charge is 0.460 e. The summed E-state index contributed by atoms with van der Waals surface area (Å²) in [6.07, 6.45) is -4.98. The van der Waals surface area contributed by atoms with Crippen molar-refractivity contribution in [3.05, 3.63) is 29.3 Å². The van der Waals surface area contributed by atoms with E-state index in [0.717, 1.165) is 12.1 Å². The van der Waals surface area contributed by atoms with Crippen LogP contribution in [0.4, 0.5) is 39.5 Å². The molecule has 2 aliphatic carbocycles. The van der Waals surface area contributed by atoms with Gasteiger partial charge in [0.15, 0.2) is 0 Å². The average molecular weight is 569 g/mol. The van der Waals surface area contributed by atoms with E-state index in [1.807, 2.05) is 4.90 Å². The summed E-state index contributed by atoms with van der Waals surface area (Å²) in [6, 6.07) is 3.03. The molecule has 0 amide bonds. The largest absolute Gasteiger partial charge is 0.469 e. The Bertz CT molecular complexity index is 1210. The SMILES string of the molecule is COC(=O)C1(CN2CC3(Cc4ccc(OS(=O)(=O)C(F)(F)C(F)(F)C(F)(F)C(F)(F)F)cc4C3)C2)CC1. The van der Waals surface area contributed by atoms with Gasteiger partial charge in [-0.15, -0.1) is 0 Å². The van der Waals surface area contributed by atoms with Crippen LogP contribution in [0.5, 0.6) is 5.75 Å². The van der Waals surface area contributed by atoms with Crippen LogP contribution in [0.15, 0.2) is 18.2 Å². The molecule has 1 aromatic carbocycles. The molecule has 0 N–H and O–H groups in total. The zero-order chi connectivity index (χ0) is 27.9. The van der Waals surface area contributed by atoms with Gasteiger partial charge in [-0.05, 0) is 48.9 Å². The number of halogens is 9. The van der Waals surface area contributed by atoms with Gasteiger partial charge >= 0.3 is 39.4 Å². The van der Waals surface area contributed by atoms with E-state index < -0.39 is 44.6 Å². The Kier molecular flexibility index (Phi) is 6.11. The third-order valence-electron chi connectivity index (χ3n) is 7.06. The van der Waals surface area contributed by atoms with E-state index in [1.165, 1.54) is 13.2 Å². The van der Waals surface area contributed by atoms with E-state index in [4.69, 9.17) is 4.74 Å². The van der Waals surface area contributed by atoms with Crippen molar-refractivity contribution < 1.29 is 61.6 Å². The Balaban J connectivity index is 1.46. The Morgan fingerprint density at radius 3 is 2.03 bits per heavy atom. The minimum Gasteiger partial charge on any atom is -0.469 e. The maximum atomic E-state index is 13.9. The first kappa shape index (κ1) is 27.8. The Morgan fingerprint density at radius 2 is 1.51 bits per heavy atom. The molecule has 16 heteroatoms. The highest BCUT2D eigenvalue weighted by Crippen LogP contribution is 2.55. The first-order valence-electron chi connectivity index (χ1n) is 10.8. The predicted octanol–water partition coefficient (Wildman–Crippen LogP) is 4.17. The Morgan fingerprint density at radius 1 is 0.946 bits per heavy atom. The molecule has 0 bridgehead atoms. The zero-order valence-corrected chi connectivity index (χ0v) is 19.8. The second-order valence-corrected chi connectivity index (χ2v) is 11.5. The summed E-state index contributed by atoms with van der Waals surface area (Å²) in [7, 11) is -5.70. The standard InChI is InChI=1S/C21H20F9NO5S/c1-35-15(32)17(4-5-17)11-31-9-16(10-31)7-12-2-3-14(6-13(12)8-16)36-37(33,34)21(29,30)19(24,25)18(22,23)20(26,27)28/h2-3,6H,4-5,7-11H2,1H3. The molecule has 1 saturated carbocycles. The molecule has 2 fully saturated rings. The van der Waals surface area contributed by atoms with Crippen LogP contribution in [0.25, 0.3) is 0 Å². The van der Waals surface area contributed by atoms with Gasteiger partial charge in [0, 0.05) is 25.0 Å². The molecule has 208 valence electrons. The third kappa shape index (κ3) is 4.23. The van der Waals surface area contributed by atoms with Crippen molar-refractivity contribution in [2.24, 2.45) is 10.8 Å². The third-order valence-corrected chi connectivity index (χ3v) is 8.36. The average Bonchev–Trinajstić information content (AvgIpc) is 3.43. The van der Waals surface area contributed by atoms with E-state index in [0.29, 0.717) is 56.4 Å². The molecule has 0 aromatic heterocycles. The molecule has 4 rings (SSSR count). The lowest BCUT2D eigenvalue weighted by molar-refractivity contribution is -0.382. The van der Waals surface area contributed by atoms with Crippen LogP contribution in [-0.2, 0) is 32.5 Å². The van der Waals surface area contributed by atoms with Crippen LogP contribution in [0.2, 0.25) is 0 Å². The van der Waals surface area contributed by atoms with E-state index in [9.17, 15) is 52.7 Å². The number of esters is 1. The number of carbonyl (C=O) groups excluding carboxylic acids is 1. The van der Waals surface area contributed by atoms with Crippen LogP contribution >= 0.6 is 0 Å². The number of benzene rings is 1. The second kappa shape index (κ2) is 8.13. The highest BCUT2D eigenvalue weighted by molar-refractivity contribution is 7.88. The zero-order valence-electron chi connectivity index (χ0n) is 19.0. The number of hydrogen-bond donors (Lipinski definition) is 0. The summed E-state index contributed by atoms with van der Waals surface area (Å²) in [4.78, 5) is 14.0. The molecule has 1 aliphatic heterocycles. The number of carbonyl (C=O) groups is 1. The highest BCUT2D eigenvalue weighted by atomic mass is 32.2. The van der Waals surface area contributed by atoms with Gasteiger partial charge in [0.05, 0.1) is 12.5 Å². The highest BCUT2D eigenvalue weighted by Gasteiger charge is 2.86. The van der Waals surface area contributed by atoms with Crippen LogP contribution < -0.4 is 4.18 Å². The molecule has 1 saturated heterocycles. The molecule has 37 heavy (non-hydrogen) atoms. The number of alkyl halides is 9. The predicted molar refractivity (Wildman–Crippen MR) is 107 cm³/mol. The van der Waals surface area contributed by atoms with Gasteiger partial charge in [-0.3, -0.25) is 4.79 Å². The maximum absolute atomic E-state index is 13.9. The van der Waals surface area contributed by atoms with E-state index in [-0.39, 0.29) is 11.4 Å². The summed E-state index contributed by atoms with van der Waals surface area (Å²) < 4.78 is 150. The van der Waals surface area contributed by atoms with Crippen molar-refractivity contribution in [2.75, 3.05) is 26.7 Å². The number of methoxy groups -OCH3 is 1. The molecule has 0 radical (unpaired) electrons. The Hall–Kier alpha value is -2.23. The summed E-state index contributed by atoms with van der Waals surface area (Å²) in [5.41, 5.74) is 0.210. The van der Waals surface area contributed by atoms with Crippen molar-refractivity contribution in [3.63, 3.8) is 0 Å². The topological polar surface area (TPSA) is 72.9 Å². The number of fused-ring (bicyclic) bond motifs is 1. The lowest BCUT2D eigenvalue weighted by Gasteiger charge is -2.49. The van der Waals surface area contributed by atoms with E-state index in [1.54, 1.807) is 0 Å². The van der Waals surface area contributed by atoms with Gasteiger partial charge in [-0.25, -0.2) is 0 Å². The summed E-state index contributed by atoms with van der Waals surface area (Å²) in [6.45, 7) is 1.58. The van der Waals surface area contributed by atoms with Crippen molar-refractivity contribution in [1.29, 1.82) is 0 Å². The summed E-state index contributed by atoms with van der Waals surface area (Å²) in [5.74, 6) is -16.0. The first-order chi connectivity index (χ1) is 16.7. The number of nitrogens with zero attached hydrogens (tertiary/aromatic N) is 1. The molecule has 6 nitrogen and oxygen atoms in total. The molecular weight excluding hydrogens is 549 g/mol. The van der Waals surface area contributed by atoms with Gasteiger partial charge in [0.1, 0.15) is 5.75 Å². The molecular formula is C21H20F9NO5S. The van der Waals surface area contributed by atoms with Crippen molar-refractivity contribution >= 4 is 16.1 Å². The lowest BCUT2D eigenvalue weighted by Crippen LogP contribution is -2.63. The fourth-order valence-electron chi connectivity index (χ4n) is 5.02. The second-order valence-electron chi connectivity index (χ2n) is 9.90. The van der Waals surface area contributed by atoms with Crippen molar-refractivity contribution in [3.8, 4) is 5.75 Å². The van der Waals surface area contributed by atoms with Crippen LogP contribution in [0.1, 0.15) is 24.0 Å². The van der Waals surface area contributed by atoms with Gasteiger partial charge in [0.25, 0.3) is 0 Å². The molecule has 1 aromatic rings. The van der Waals surface area contributed by atoms with Gasteiger partial charge in [-0.1, -0.05) is 6.07 Å². The van der Waals surface area contributed by atoms with Gasteiger partial charge in [-0.2, -0.15) is 47.9 Å². The van der Waals surface area contributed by atoms with Gasteiger partial charge in [0.2, 0.25) is 0 Å². The lowest BCUT2D eigenvalue weighted by atomic mass is 9.76. The first-order valence-corrected chi connectivity index (χ1v) is 12.2. The number of ether oxygens (including phenoxy) is 1. The van der Waals surface area contributed by atoms with Crippen LogP contribution in [-0.4, -0.2) is 69.3 Å². The molecule has 0 unspecified atom stereocenters. The fourth-order valence-corrected chi connectivity index (χ4v) is 5.92. The fraction of sp³-hybridized carbons (Fsp3) is 0.667. The Labute approximate surface area is 204 Å². The number of hydrogen-bond acceptors (Lipinski definition) is 6. The number of likely N-dealkylation sites (tertiary alicyclic amines) is 1. The van der Waals surface area contributed by atoms with Crippen LogP contribution in [0, 0.1) is 10.8 Å². The maximum Gasteiger partial charge on any atom is 0.460 e. The quantitative estimate of drug-likeness (QED) is 0.266. The number of rotatable bonds is 8. The molecule has 1 heterocycles. The van der Waals surface area contributed by atoms with Gasteiger partial charge < -0.3 is 13.8 Å². The normalized spacial score (nSPS) is 21.4. The minimum atomic E-state index is -7.37. The van der Waals surface area contributed by atoms with Crippen LogP contribution in [0.3, 0.4) is 0 Å². The van der Waals surface area contributed by atoms with E-state index >= 15 is 0 Å².